The van der Waals surface area contributed by atoms with Crippen LogP contribution in [0.4, 0.5) is 4.39 Å². The van der Waals surface area contributed by atoms with E-state index in [1.54, 1.807) is 0 Å². The third-order valence-corrected chi connectivity index (χ3v) is 2.57. The number of amides is 1. The predicted molar refractivity (Wildman–Crippen MR) is 61.7 cm³/mol. The van der Waals surface area contributed by atoms with Crippen molar-refractivity contribution in [1.29, 1.82) is 0 Å². The molecule has 6 heteroatoms. The molecule has 0 saturated carbocycles. The Morgan fingerprint density at radius 2 is 2.06 bits per heavy atom. The Hall–Kier alpha value is -1.95. The topological polar surface area (TPSA) is 86.6 Å². The van der Waals surface area contributed by atoms with Crippen LogP contribution in [0.5, 0.6) is 0 Å². The van der Waals surface area contributed by atoms with Gasteiger partial charge in [-0.25, -0.2) is 9.18 Å². The first kappa shape index (κ1) is 14.1. The number of rotatable bonds is 4. The molecule has 1 amide bonds. The standard InChI is InChI=1S/C12H14FNO4/c1-7-8(4-3-5-9(7)13)10(15)14-6-12(2,18)11(16)17/h3-5,18H,6H2,1-2H3,(H,14,15)(H,16,17). The van der Waals surface area contributed by atoms with Crippen molar-refractivity contribution in [2.45, 2.75) is 19.4 Å². The Morgan fingerprint density at radius 1 is 1.44 bits per heavy atom. The monoisotopic (exact) mass is 255 g/mol. The van der Waals surface area contributed by atoms with Crippen LogP contribution in [0.2, 0.25) is 0 Å². The van der Waals surface area contributed by atoms with Crippen LogP contribution in [0.25, 0.3) is 0 Å². The van der Waals surface area contributed by atoms with E-state index >= 15 is 0 Å². The highest BCUT2D eigenvalue weighted by Gasteiger charge is 2.30. The fraction of sp³-hybridized carbons (Fsp3) is 0.333. The van der Waals surface area contributed by atoms with Gasteiger partial charge in [-0.2, -0.15) is 0 Å². The summed E-state index contributed by atoms with van der Waals surface area (Å²) in [7, 11) is 0. The van der Waals surface area contributed by atoms with Crippen LogP contribution < -0.4 is 5.32 Å². The molecule has 0 aromatic heterocycles. The van der Waals surface area contributed by atoms with Crippen molar-refractivity contribution in [2.75, 3.05) is 6.54 Å². The highest BCUT2D eigenvalue weighted by Crippen LogP contribution is 2.12. The summed E-state index contributed by atoms with van der Waals surface area (Å²) in [5.41, 5.74) is -1.78. The van der Waals surface area contributed by atoms with Crippen molar-refractivity contribution in [1.82, 2.24) is 5.32 Å². The van der Waals surface area contributed by atoms with Crippen LogP contribution in [0.3, 0.4) is 0 Å². The molecular weight excluding hydrogens is 241 g/mol. The van der Waals surface area contributed by atoms with Crippen LogP contribution in [0.1, 0.15) is 22.8 Å². The average molecular weight is 255 g/mol. The number of halogens is 1. The van der Waals surface area contributed by atoms with Crippen LogP contribution in [0.15, 0.2) is 18.2 Å². The first-order chi connectivity index (χ1) is 8.25. The van der Waals surface area contributed by atoms with Crippen molar-refractivity contribution in [2.24, 2.45) is 0 Å². The molecule has 0 heterocycles. The highest BCUT2D eigenvalue weighted by atomic mass is 19.1. The van der Waals surface area contributed by atoms with E-state index in [1.807, 2.05) is 0 Å². The fourth-order valence-electron chi connectivity index (χ4n) is 1.28. The molecule has 0 spiro atoms. The van der Waals surface area contributed by atoms with E-state index in [0.717, 1.165) is 6.92 Å². The van der Waals surface area contributed by atoms with Crippen LogP contribution in [-0.4, -0.2) is 34.2 Å². The van der Waals surface area contributed by atoms with Gasteiger partial charge in [-0.1, -0.05) is 6.07 Å². The number of aliphatic hydroxyl groups is 1. The number of hydrogen-bond donors (Lipinski definition) is 3. The third-order valence-electron chi connectivity index (χ3n) is 2.57. The van der Waals surface area contributed by atoms with Gasteiger partial charge in [0.05, 0.1) is 6.54 Å². The molecule has 98 valence electrons. The summed E-state index contributed by atoms with van der Waals surface area (Å²) in [4.78, 5) is 22.3. The maximum Gasteiger partial charge on any atom is 0.337 e. The number of hydrogen-bond acceptors (Lipinski definition) is 3. The van der Waals surface area contributed by atoms with Gasteiger partial charge in [-0.15, -0.1) is 0 Å². The van der Waals surface area contributed by atoms with Gasteiger partial charge in [0.2, 0.25) is 0 Å². The van der Waals surface area contributed by atoms with E-state index < -0.39 is 29.8 Å². The molecule has 18 heavy (non-hydrogen) atoms. The minimum Gasteiger partial charge on any atom is -0.479 e. The summed E-state index contributed by atoms with van der Waals surface area (Å²) in [6.07, 6.45) is 0. The zero-order valence-corrected chi connectivity index (χ0v) is 10.0. The summed E-state index contributed by atoms with van der Waals surface area (Å²) in [5, 5.41) is 20.3. The SMILES string of the molecule is Cc1c(F)cccc1C(=O)NCC(C)(O)C(=O)O. The summed E-state index contributed by atoms with van der Waals surface area (Å²) in [6.45, 7) is 2.05. The van der Waals surface area contributed by atoms with Crippen LogP contribution >= 0.6 is 0 Å². The number of aliphatic carboxylic acids is 1. The van der Waals surface area contributed by atoms with Gasteiger partial charge in [0, 0.05) is 5.56 Å². The van der Waals surface area contributed by atoms with E-state index in [1.165, 1.54) is 25.1 Å². The van der Waals surface area contributed by atoms with E-state index in [-0.39, 0.29) is 11.1 Å². The molecule has 1 aromatic carbocycles. The van der Waals surface area contributed by atoms with Crippen molar-refractivity contribution in [3.63, 3.8) is 0 Å². The van der Waals surface area contributed by atoms with Crippen LogP contribution in [-0.2, 0) is 4.79 Å². The van der Waals surface area contributed by atoms with Gasteiger partial charge in [-0.3, -0.25) is 4.79 Å². The zero-order valence-electron chi connectivity index (χ0n) is 10.0. The number of nitrogens with one attached hydrogen (secondary N) is 1. The quantitative estimate of drug-likeness (QED) is 0.739. The minimum atomic E-state index is -2.06. The number of carboxylic acids is 1. The summed E-state index contributed by atoms with van der Waals surface area (Å²) < 4.78 is 13.2. The van der Waals surface area contributed by atoms with Crippen molar-refractivity contribution >= 4 is 11.9 Å². The van der Waals surface area contributed by atoms with Crippen molar-refractivity contribution in [3.8, 4) is 0 Å². The molecular formula is C12H14FNO4. The second kappa shape index (κ2) is 5.14. The lowest BCUT2D eigenvalue weighted by Gasteiger charge is -2.18. The van der Waals surface area contributed by atoms with Gasteiger partial charge in [0.25, 0.3) is 5.91 Å². The maximum absolute atomic E-state index is 13.2. The Kier molecular flexibility index (Phi) is 4.03. The molecule has 0 aliphatic carbocycles. The zero-order chi connectivity index (χ0) is 13.9. The second-order valence-electron chi connectivity index (χ2n) is 4.17. The lowest BCUT2D eigenvalue weighted by Crippen LogP contribution is -2.46. The number of benzene rings is 1. The molecule has 1 unspecified atom stereocenters. The van der Waals surface area contributed by atoms with Gasteiger partial charge < -0.3 is 15.5 Å². The Morgan fingerprint density at radius 3 is 2.61 bits per heavy atom. The first-order valence-electron chi connectivity index (χ1n) is 5.25. The maximum atomic E-state index is 13.2. The molecule has 3 N–H and O–H groups in total. The lowest BCUT2D eigenvalue weighted by molar-refractivity contribution is -0.155. The molecule has 5 nitrogen and oxygen atoms in total. The summed E-state index contributed by atoms with van der Waals surface area (Å²) in [6, 6.07) is 4.02. The van der Waals surface area contributed by atoms with Crippen molar-refractivity contribution in [3.05, 3.63) is 35.1 Å². The third kappa shape index (κ3) is 3.04. The first-order valence-corrected chi connectivity index (χ1v) is 5.25. The van der Waals surface area contributed by atoms with Crippen LogP contribution in [0, 0.1) is 12.7 Å². The average Bonchev–Trinajstić information content (AvgIpc) is 2.29. The Balaban J connectivity index is 2.78. The summed E-state index contributed by atoms with van der Waals surface area (Å²) in [5.74, 6) is -2.60. The normalized spacial score (nSPS) is 13.8. The van der Waals surface area contributed by atoms with E-state index in [4.69, 9.17) is 5.11 Å². The summed E-state index contributed by atoms with van der Waals surface area (Å²) >= 11 is 0. The van der Waals surface area contributed by atoms with Gasteiger partial charge in [0.1, 0.15) is 5.82 Å². The van der Waals surface area contributed by atoms with E-state index in [2.05, 4.69) is 5.32 Å². The number of carboxylic acid groups (broad SMARTS) is 1. The van der Waals surface area contributed by atoms with Gasteiger partial charge >= 0.3 is 5.97 Å². The van der Waals surface area contributed by atoms with Gasteiger partial charge in [-0.05, 0) is 31.5 Å². The molecule has 0 bridgehead atoms. The molecule has 0 aliphatic heterocycles. The fourth-order valence-corrected chi connectivity index (χ4v) is 1.28. The molecule has 0 saturated heterocycles. The van der Waals surface area contributed by atoms with E-state index in [9.17, 15) is 19.1 Å². The molecule has 1 rings (SSSR count). The molecule has 1 atom stereocenters. The predicted octanol–water partition coefficient (Wildman–Crippen LogP) is 0.700. The molecule has 0 aliphatic rings. The number of carbonyl (C=O) groups excluding carboxylic acids is 1. The largest absolute Gasteiger partial charge is 0.479 e. The minimum absolute atomic E-state index is 0.108. The molecule has 0 fully saturated rings. The molecule has 0 radical (unpaired) electrons. The Labute approximate surface area is 103 Å². The Bertz CT molecular complexity index is 485. The highest BCUT2D eigenvalue weighted by molar-refractivity contribution is 5.96. The van der Waals surface area contributed by atoms with Gasteiger partial charge in [0.15, 0.2) is 5.60 Å². The lowest BCUT2D eigenvalue weighted by atomic mass is 10.1. The second-order valence-corrected chi connectivity index (χ2v) is 4.17. The van der Waals surface area contributed by atoms with E-state index in [0.29, 0.717) is 0 Å². The molecule has 1 aromatic rings. The van der Waals surface area contributed by atoms with Crippen molar-refractivity contribution < 1.29 is 24.2 Å². The number of carbonyl (C=O) groups is 2. The smallest absolute Gasteiger partial charge is 0.337 e.